The standard InChI is InChI=1S/C27H30N2O10/c1-11-25(36-2)15(28)7-17(38-11)39-16-9-27(35,10-37-26(29)34)8-14-18(16)24(33)20-19(23(14)32)21(30)12-5-3-4-6-13(12)22(20)31/h3-6,11,15-17,25,32-33,35H,7-10,28H2,1-2H3,(H2,29,34)/t11-,15-,16-,17-,25+,27-/m0/s1. The predicted molar refractivity (Wildman–Crippen MR) is 133 cm³/mol. The summed E-state index contributed by atoms with van der Waals surface area (Å²) in [5.41, 5.74) is 8.99. The molecular formula is C27H30N2O10. The molecule has 39 heavy (non-hydrogen) atoms. The molecule has 2 aliphatic carbocycles. The quantitative estimate of drug-likeness (QED) is 0.290. The van der Waals surface area contributed by atoms with Gasteiger partial charge in [0.1, 0.15) is 23.7 Å². The van der Waals surface area contributed by atoms with Gasteiger partial charge in [-0.2, -0.15) is 0 Å². The Balaban J connectivity index is 1.62. The highest BCUT2D eigenvalue weighted by atomic mass is 16.7. The van der Waals surface area contributed by atoms with E-state index in [1.807, 2.05) is 0 Å². The summed E-state index contributed by atoms with van der Waals surface area (Å²) in [7, 11) is 1.52. The van der Waals surface area contributed by atoms with Crippen LogP contribution in [0.25, 0.3) is 0 Å². The minimum Gasteiger partial charge on any atom is -0.507 e. The number of rotatable bonds is 5. The minimum atomic E-state index is -1.80. The van der Waals surface area contributed by atoms with Gasteiger partial charge in [0.2, 0.25) is 0 Å². The van der Waals surface area contributed by atoms with E-state index in [1.165, 1.54) is 19.2 Å². The lowest BCUT2D eigenvalue weighted by molar-refractivity contribution is -0.251. The molecule has 1 heterocycles. The van der Waals surface area contributed by atoms with Crippen molar-refractivity contribution in [3.8, 4) is 11.5 Å². The molecule has 1 fully saturated rings. The third kappa shape index (κ3) is 4.53. The number of amides is 1. The van der Waals surface area contributed by atoms with E-state index in [0.717, 1.165) is 0 Å². The molecular weight excluding hydrogens is 512 g/mol. The zero-order valence-corrected chi connectivity index (χ0v) is 21.4. The fraction of sp³-hybridized carbons (Fsp3) is 0.444. The van der Waals surface area contributed by atoms with Gasteiger partial charge < -0.3 is 45.7 Å². The Bertz CT molecular complexity index is 1350. The number of primary amides is 1. The highest BCUT2D eigenvalue weighted by Gasteiger charge is 2.48. The number of aromatic hydroxyl groups is 2. The highest BCUT2D eigenvalue weighted by Crippen LogP contribution is 2.51. The van der Waals surface area contributed by atoms with Gasteiger partial charge in [-0.05, 0) is 6.92 Å². The molecule has 0 aromatic heterocycles. The third-order valence-electron chi connectivity index (χ3n) is 7.64. The first-order valence-electron chi connectivity index (χ1n) is 12.5. The number of phenols is 2. The van der Waals surface area contributed by atoms with E-state index in [0.29, 0.717) is 0 Å². The van der Waals surface area contributed by atoms with Gasteiger partial charge in [0, 0.05) is 54.7 Å². The number of phenolic OH excluding ortho intramolecular Hbond substituents is 2. The zero-order valence-electron chi connectivity index (χ0n) is 21.4. The molecule has 0 saturated carbocycles. The van der Waals surface area contributed by atoms with Crippen molar-refractivity contribution in [2.24, 2.45) is 11.5 Å². The second kappa shape index (κ2) is 9.88. The molecule has 1 amide bonds. The summed E-state index contributed by atoms with van der Waals surface area (Å²) in [6.07, 6.45) is -4.39. The van der Waals surface area contributed by atoms with Crippen LogP contribution in [0, 0.1) is 0 Å². The van der Waals surface area contributed by atoms with E-state index in [1.54, 1.807) is 19.1 Å². The molecule has 12 heteroatoms. The topological polar surface area (TPSA) is 201 Å². The van der Waals surface area contributed by atoms with Crippen molar-refractivity contribution in [1.29, 1.82) is 0 Å². The summed E-state index contributed by atoms with van der Waals surface area (Å²) in [6.45, 7) is 1.21. The van der Waals surface area contributed by atoms with Crippen LogP contribution in [-0.4, -0.2) is 76.8 Å². The number of methoxy groups -OCH3 is 1. The van der Waals surface area contributed by atoms with Crippen LogP contribution in [0.4, 0.5) is 4.79 Å². The van der Waals surface area contributed by atoms with Gasteiger partial charge in [-0.1, -0.05) is 24.3 Å². The summed E-state index contributed by atoms with van der Waals surface area (Å²) in [4.78, 5) is 38.1. The zero-order chi connectivity index (χ0) is 28.2. The molecule has 2 aromatic rings. The second-order valence-corrected chi connectivity index (χ2v) is 10.3. The molecule has 0 spiro atoms. The summed E-state index contributed by atoms with van der Waals surface area (Å²) < 4.78 is 22.4. The highest BCUT2D eigenvalue weighted by molar-refractivity contribution is 6.30. The van der Waals surface area contributed by atoms with Crippen LogP contribution in [0.1, 0.15) is 68.8 Å². The largest absolute Gasteiger partial charge is 0.507 e. The van der Waals surface area contributed by atoms with Crippen molar-refractivity contribution < 1.29 is 48.7 Å². The normalized spacial score (nSPS) is 29.8. The molecule has 208 valence electrons. The van der Waals surface area contributed by atoms with Crippen LogP contribution in [0.15, 0.2) is 24.3 Å². The van der Waals surface area contributed by atoms with Crippen LogP contribution in [0.2, 0.25) is 0 Å². The van der Waals surface area contributed by atoms with Gasteiger partial charge in [-0.25, -0.2) is 4.79 Å². The maximum absolute atomic E-state index is 13.4. The minimum absolute atomic E-state index is 0.0224. The molecule has 3 aliphatic rings. The summed E-state index contributed by atoms with van der Waals surface area (Å²) in [5.74, 6) is -2.42. The van der Waals surface area contributed by atoms with Gasteiger partial charge in [-0.3, -0.25) is 9.59 Å². The van der Waals surface area contributed by atoms with Crippen LogP contribution in [0.3, 0.4) is 0 Å². The van der Waals surface area contributed by atoms with Crippen LogP contribution >= 0.6 is 0 Å². The Morgan fingerprint density at radius 1 is 1.13 bits per heavy atom. The summed E-state index contributed by atoms with van der Waals surface area (Å²) in [6, 6.07) is 5.64. The number of carbonyl (C=O) groups excluding carboxylic acids is 3. The lowest BCUT2D eigenvalue weighted by Crippen LogP contribution is -2.53. The summed E-state index contributed by atoms with van der Waals surface area (Å²) in [5, 5.41) is 34.2. The number of hydrogen-bond acceptors (Lipinski definition) is 11. The number of hydrogen-bond donors (Lipinski definition) is 5. The molecule has 6 atom stereocenters. The number of fused-ring (bicyclic) bond motifs is 3. The van der Waals surface area contributed by atoms with Crippen molar-refractivity contribution in [2.45, 2.75) is 62.4 Å². The first-order valence-corrected chi connectivity index (χ1v) is 12.5. The monoisotopic (exact) mass is 542 g/mol. The molecule has 2 aromatic carbocycles. The molecule has 5 rings (SSSR count). The number of benzene rings is 2. The number of ether oxygens (including phenoxy) is 4. The SMILES string of the molecule is CO[C@@H]1[C@H](C)O[C@@H](O[C@H]2C[C@](O)(COC(N)=O)Cc3c(O)c4c(c(O)c32)C(=O)c2ccccc2C4=O)C[C@@H]1N. The predicted octanol–water partition coefficient (Wildman–Crippen LogP) is 1.18. The van der Waals surface area contributed by atoms with E-state index < -0.39 is 72.0 Å². The van der Waals surface area contributed by atoms with Crippen LogP contribution in [-0.2, 0) is 25.4 Å². The van der Waals surface area contributed by atoms with E-state index in [2.05, 4.69) is 0 Å². The average molecular weight is 543 g/mol. The summed E-state index contributed by atoms with van der Waals surface area (Å²) >= 11 is 0. The van der Waals surface area contributed by atoms with Crippen molar-refractivity contribution >= 4 is 17.7 Å². The van der Waals surface area contributed by atoms with E-state index in [9.17, 15) is 29.7 Å². The Kier molecular flexibility index (Phi) is 6.85. The van der Waals surface area contributed by atoms with Gasteiger partial charge in [0.15, 0.2) is 17.9 Å². The van der Waals surface area contributed by atoms with Gasteiger partial charge in [0.05, 0.1) is 29.4 Å². The third-order valence-corrected chi connectivity index (χ3v) is 7.64. The van der Waals surface area contributed by atoms with E-state index >= 15 is 0 Å². The molecule has 1 aliphatic heterocycles. The molecule has 0 unspecified atom stereocenters. The van der Waals surface area contributed by atoms with Crippen LogP contribution < -0.4 is 11.5 Å². The maximum Gasteiger partial charge on any atom is 0.404 e. The molecule has 0 radical (unpaired) electrons. The smallest absolute Gasteiger partial charge is 0.404 e. The number of carbonyl (C=O) groups is 3. The molecule has 0 bridgehead atoms. The first-order chi connectivity index (χ1) is 18.5. The Morgan fingerprint density at radius 2 is 1.74 bits per heavy atom. The Labute approximate surface area is 223 Å². The molecule has 1 saturated heterocycles. The maximum atomic E-state index is 13.4. The van der Waals surface area contributed by atoms with Crippen molar-refractivity contribution in [2.75, 3.05) is 13.7 Å². The number of aliphatic hydroxyl groups is 1. The van der Waals surface area contributed by atoms with Gasteiger partial charge in [0.25, 0.3) is 0 Å². The van der Waals surface area contributed by atoms with Gasteiger partial charge >= 0.3 is 6.09 Å². The Morgan fingerprint density at radius 3 is 2.31 bits per heavy atom. The lowest BCUT2D eigenvalue weighted by Gasteiger charge is -2.43. The lowest BCUT2D eigenvalue weighted by atomic mass is 9.73. The van der Waals surface area contributed by atoms with E-state index in [-0.39, 0.29) is 52.6 Å². The van der Waals surface area contributed by atoms with Crippen molar-refractivity contribution in [3.63, 3.8) is 0 Å². The molecule has 7 N–H and O–H groups in total. The fourth-order valence-electron chi connectivity index (χ4n) is 5.90. The molecule has 12 nitrogen and oxygen atoms in total. The van der Waals surface area contributed by atoms with E-state index in [4.69, 9.17) is 30.4 Å². The second-order valence-electron chi connectivity index (χ2n) is 10.3. The van der Waals surface area contributed by atoms with Crippen molar-refractivity contribution in [3.05, 3.63) is 57.6 Å². The first kappa shape index (κ1) is 27.0. The fourth-order valence-corrected chi connectivity index (χ4v) is 5.90. The number of nitrogens with two attached hydrogens (primary N) is 2. The Hall–Kier alpha value is -3.55. The van der Waals surface area contributed by atoms with Crippen molar-refractivity contribution in [1.82, 2.24) is 0 Å². The van der Waals surface area contributed by atoms with Gasteiger partial charge in [-0.15, -0.1) is 0 Å². The van der Waals surface area contributed by atoms with Crippen LogP contribution in [0.5, 0.6) is 11.5 Å². The number of ketones is 2. The average Bonchev–Trinajstić information content (AvgIpc) is 2.88.